The number of nitrogen functional groups attached to an aromatic ring is 1. The third kappa shape index (κ3) is 3.85. The molecule has 1 aliphatic carbocycles. The summed E-state index contributed by atoms with van der Waals surface area (Å²) >= 11 is 5.94. The highest BCUT2D eigenvalue weighted by molar-refractivity contribution is 7.89. The highest BCUT2D eigenvalue weighted by Crippen LogP contribution is 2.29. The smallest absolute Gasteiger partial charge is 0.244 e. The van der Waals surface area contributed by atoms with Crippen molar-refractivity contribution in [1.82, 2.24) is 4.31 Å². The van der Waals surface area contributed by atoms with Gasteiger partial charge in [0.15, 0.2) is 0 Å². The van der Waals surface area contributed by atoms with Crippen LogP contribution < -0.4 is 5.73 Å². The van der Waals surface area contributed by atoms with Gasteiger partial charge in [-0.3, -0.25) is 0 Å². The molecule has 20 heavy (non-hydrogen) atoms. The third-order valence-electron chi connectivity index (χ3n) is 3.24. The summed E-state index contributed by atoms with van der Waals surface area (Å²) in [6.45, 7) is 1.39. The lowest BCUT2D eigenvalue weighted by atomic mass is 10.3. The standard InChI is InChI=1S/C13H19ClN2O3S/c1-16(6-7-19-9-10-2-3-10)20(17,18)13-8-11(15)4-5-12(13)14/h4-5,8,10H,2-3,6-7,9,15H2,1H3. The summed E-state index contributed by atoms with van der Waals surface area (Å²) in [5.74, 6) is 0.667. The Hall–Kier alpha value is -0.820. The number of nitrogens with zero attached hydrogens (tertiary/aromatic N) is 1. The van der Waals surface area contributed by atoms with Gasteiger partial charge in [-0.15, -0.1) is 0 Å². The van der Waals surface area contributed by atoms with E-state index in [0.717, 1.165) is 0 Å². The van der Waals surface area contributed by atoms with E-state index in [1.165, 1.54) is 36.3 Å². The number of hydrogen-bond donors (Lipinski definition) is 1. The van der Waals surface area contributed by atoms with Crippen molar-refractivity contribution >= 4 is 27.3 Å². The number of hydrogen-bond acceptors (Lipinski definition) is 4. The second-order valence-electron chi connectivity index (χ2n) is 5.03. The summed E-state index contributed by atoms with van der Waals surface area (Å²) in [4.78, 5) is 0.0314. The van der Waals surface area contributed by atoms with Crippen LogP contribution in [0.15, 0.2) is 23.1 Å². The van der Waals surface area contributed by atoms with E-state index in [0.29, 0.717) is 31.4 Å². The van der Waals surface area contributed by atoms with E-state index in [4.69, 9.17) is 22.1 Å². The zero-order chi connectivity index (χ0) is 14.8. The Bertz CT molecular complexity index is 573. The van der Waals surface area contributed by atoms with Crippen molar-refractivity contribution < 1.29 is 13.2 Å². The summed E-state index contributed by atoms with van der Waals surface area (Å²) in [6, 6.07) is 4.43. The average Bonchev–Trinajstić information content (AvgIpc) is 3.21. The SMILES string of the molecule is CN(CCOCC1CC1)S(=O)(=O)c1cc(N)ccc1Cl. The Kier molecular flexibility index (Phi) is 4.90. The van der Waals surface area contributed by atoms with Crippen molar-refractivity contribution in [2.75, 3.05) is 32.5 Å². The van der Waals surface area contributed by atoms with Crippen molar-refractivity contribution in [3.05, 3.63) is 23.2 Å². The van der Waals surface area contributed by atoms with Crippen LogP contribution in [0.1, 0.15) is 12.8 Å². The lowest BCUT2D eigenvalue weighted by Crippen LogP contribution is -2.30. The van der Waals surface area contributed by atoms with Crippen LogP contribution in [0.25, 0.3) is 0 Å². The highest BCUT2D eigenvalue weighted by atomic mass is 35.5. The van der Waals surface area contributed by atoms with Gasteiger partial charge < -0.3 is 10.5 Å². The molecule has 0 spiro atoms. The number of halogens is 1. The first-order valence-corrected chi connectivity index (χ1v) is 8.32. The van der Waals surface area contributed by atoms with Gasteiger partial charge in [-0.2, -0.15) is 4.31 Å². The van der Waals surface area contributed by atoms with Crippen LogP contribution in [0.5, 0.6) is 0 Å². The van der Waals surface area contributed by atoms with E-state index < -0.39 is 10.0 Å². The molecule has 7 heteroatoms. The molecule has 0 amide bonds. The second kappa shape index (κ2) is 6.30. The van der Waals surface area contributed by atoms with Gasteiger partial charge in [-0.25, -0.2) is 8.42 Å². The lowest BCUT2D eigenvalue weighted by molar-refractivity contribution is 0.117. The van der Waals surface area contributed by atoms with E-state index in [9.17, 15) is 8.42 Å². The minimum Gasteiger partial charge on any atom is -0.399 e. The van der Waals surface area contributed by atoms with Gasteiger partial charge in [0, 0.05) is 25.9 Å². The summed E-state index contributed by atoms with van der Waals surface area (Å²) in [6.07, 6.45) is 2.43. The molecular weight excluding hydrogens is 300 g/mol. The van der Waals surface area contributed by atoms with Gasteiger partial charge in [0.2, 0.25) is 10.0 Å². The van der Waals surface area contributed by atoms with Gasteiger partial charge in [-0.1, -0.05) is 11.6 Å². The molecule has 0 atom stereocenters. The van der Waals surface area contributed by atoms with Gasteiger partial charge in [-0.05, 0) is 37.0 Å². The Labute approximate surface area is 124 Å². The van der Waals surface area contributed by atoms with Crippen molar-refractivity contribution in [3.8, 4) is 0 Å². The minimum absolute atomic E-state index is 0.0314. The molecule has 1 saturated carbocycles. The molecule has 1 fully saturated rings. The van der Waals surface area contributed by atoms with Gasteiger partial charge in [0.1, 0.15) is 4.90 Å². The monoisotopic (exact) mass is 318 g/mol. The van der Waals surface area contributed by atoms with Crippen LogP contribution in [0.2, 0.25) is 5.02 Å². The molecule has 0 saturated heterocycles. The van der Waals surface area contributed by atoms with Crippen LogP contribution in [0, 0.1) is 5.92 Å². The molecule has 1 aromatic carbocycles. The lowest BCUT2D eigenvalue weighted by Gasteiger charge is -2.18. The maximum atomic E-state index is 12.4. The molecule has 0 heterocycles. The summed E-state index contributed by atoms with van der Waals surface area (Å²) in [5.41, 5.74) is 5.99. The van der Waals surface area contributed by atoms with E-state index >= 15 is 0 Å². The number of sulfonamides is 1. The molecule has 112 valence electrons. The molecule has 0 unspecified atom stereocenters. The van der Waals surface area contributed by atoms with Gasteiger partial charge >= 0.3 is 0 Å². The molecule has 1 aromatic rings. The second-order valence-corrected chi connectivity index (χ2v) is 7.46. The van der Waals surface area contributed by atoms with Crippen molar-refractivity contribution in [3.63, 3.8) is 0 Å². The van der Waals surface area contributed by atoms with Crippen LogP contribution in [0.4, 0.5) is 5.69 Å². The maximum Gasteiger partial charge on any atom is 0.244 e. The molecule has 2 N–H and O–H groups in total. The molecule has 0 aromatic heterocycles. The Morgan fingerprint density at radius 3 is 2.80 bits per heavy atom. The first kappa shape index (κ1) is 15.6. The fourth-order valence-electron chi connectivity index (χ4n) is 1.73. The van der Waals surface area contributed by atoms with E-state index in [1.807, 2.05) is 0 Å². The summed E-state index contributed by atoms with van der Waals surface area (Å²) < 4.78 is 31.4. The first-order chi connectivity index (χ1) is 9.41. The number of likely N-dealkylation sites (N-methyl/N-ethyl adjacent to an activating group) is 1. The molecule has 2 rings (SSSR count). The van der Waals surface area contributed by atoms with Crippen molar-refractivity contribution in [1.29, 1.82) is 0 Å². The van der Waals surface area contributed by atoms with Crippen LogP contribution in [0.3, 0.4) is 0 Å². The minimum atomic E-state index is -3.64. The summed E-state index contributed by atoms with van der Waals surface area (Å²) in [7, 11) is -2.13. The highest BCUT2D eigenvalue weighted by Gasteiger charge is 2.24. The molecule has 1 aliphatic rings. The molecule has 0 radical (unpaired) electrons. The number of nitrogens with two attached hydrogens (primary N) is 1. The normalized spacial score (nSPS) is 15.8. The van der Waals surface area contributed by atoms with E-state index in [-0.39, 0.29) is 9.92 Å². The largest absolute Gasteiger partial charge is 0.399 e. The molecular formula is C13H19ClN2O3S. The number of anilines is 1. The average molecular weight is 319 g/mol. The first-order valence-electron chi connectivity index (χ1n) is 6.50. The van der Waals surface area contributed by atoms with E-state index in [2.05, 4.69) is 0 Å². The maximum absolute atomic E-state index is 12.4. The van der Waals surface area contributed by atoms with Crippen molar-refractivity contribution in [2.45, 2.75) is 17.7 Å². The Morgan fingerprint density at radius 1 is 1.45 bits per heavy atom. The third-order valence-corrected chi connectivity index (χ3v) is 5.58. The number of benzene rings is 1. The fraction of sp³-hybridized carbons (Fsp3) is 0.538. The van der Waals surface area contributed by atoms with E-state index in [1.54, 1.807) is 6.07 Å². The predicted octanol–water partition coefficient (Wildman–Crippen LogP) is 1.97. The van der Waals surface area contributed by atoms with Gasteiger partial charge in [0.05, 0.1) is 11.6 Å². The van der Waals surface area contributed by atoms with Crippen LogP contribution in [-0.4, -0.2) is 39.5 Å². The topological polar surface area (TPSA) is 72.6 Å². The Morgan fingerprint density at radius 2 is 2.15 bits per heavy atom. The van der Waals surface area contributed by atoms with Gasteiger partial charge in [0.25, 0.3) is 0 Å². The molecule has 5 nitrogen and oxygen atoms in total. The fourth-order valence-corrected chi connectivity index (χ4v) is 3.39. The summed E-state index contributed by atoms with van der Waals surface area (Å²) in [5, 5.41) is 0.171. The number of rotatable bonds is 7. The Balaban J connectivity index is 1.98. The molecule has 0 aliphatic heterocycles. The predicted molar refractivity (Wildman–Crippen MR) is 79.2 cm³/mol. The molecule has 0 bridgehead atoms. The number of ether oxygens (including phenoxy) is 1. The zero-order valence-electron chi connectivity index (χ0n) is 11.4. The quantitative estimate of drug-likeness (QED) is 0.616. The van der Waals surface area contributed by atoms with Crippen LogP contribution in [-0.2, 0) is 14.8 Å². The van der Waals surface area contributed by atoms with Crippen LogP contribution >= 0.6 is 11.6 Å². The van der Waals surface area contributed by atoms with Crippen molar-refractivity contribution in [2.24, 2.45) is 5.92 Å². The zero-order valence-corrected chi connectivity index (χ0v) is 13.0.